The minimum absolute atomic E-state index is 0.345. The van der Waals surface area contributed by atoms with Gasteiger partial charge < -0.3 is 14.5 Å². The third-order valence-corrected chi connectivity index (χ3v) is 4.31. The minimum atomic E-state index is -0.345. The second-order valence-corrected chi connectivity index (χ2v) is 5.96. The summed E-state index contributed by atoms with van der Waals surface area (Å²) in [7, 11) is 1.38. The van der Waals surface area contributed by atoms with Crippen LogP contribution in [0, 0.1) is 13.8 Å². The number of carbonyl (C=O) groups excluding carboxylic acids is 1. The lowest BCUT2D eigenvalue weighted by Crippen LogP contribution is -2.47. The SMILES string of the molecule is COC(=O)c1ccc(N2CCN(c3cc(C)ccn3)CC2)nc1C. The van der Waals surface area contributed by atoms with Crippen molar-refractivity contribution in [2.45, 2.75) is 13.8 Å². The average molecular weight is 326 g/mol. The summed E-state index contributed by atoms with van der Waals surface area (Å²) in [5, 5.41) is 0. The number of anilines is 2. The largest absolute Gasteiger partial charge is 0.465 e. The predicted molar refractivity (Wildman–Crippen MR) is 93.7 cm³/mol. The van der Waals surface area contributed by atoms with Crippen LogP contribution in [-0.4, -0.2) is 49.2 Å². The Morgan fingerprint density at radius 3 is 2.29 bits per heavy atom. The molecule has 126 valence electrons. The van der Waals surface area contributed by atoms with Gasteiger partial charge in [-0.25, -0.2) is 14.8 Å². The first-order chi connectivity index (χ1) is 11.6. The number of carbonyl (C=O) groups is 1. The lowest BCUT2D eigenvalue weighted by atomic mass is 10.2. The Morgan fingerprint density at radius 2 is 1.71 bits per heavy atom. The van der Waals surface area contributed by atoms with Crippen molar-refractivity contribution >= 4 is 17.6 Å². The van der Waals surface area contributed by atoms with Crippen LogP contribution in [-0.2, 0) is 4.74 Å². The molecule has 0 radical (unpaired) electrons. The molecule has 0 aliphatic carbocycles. The van der Waals surface area contributed by atoms with Crippen LogP contribution in [0.25, 0.3) is 0 Å². The van der Waals surface area contributed by atoms with Gasteiger partial charge in [0.05, 0.1) is 18.4 Å². The van der Waals surface area contributed by atoms with Crippen LogP contribution in [0.3, 0.4) is 0 Å². The maximum atomic E-state index is 11.7. The summed E-state index contributed by atoms with van der Waals surface area (Å²) >= 11 is 0. The van der Waals surface area contributed by atoms with Gasteiger partial charge in [-0.05, 0) is 43.7 Å². The summed E-state index contributed by atoms with van der Waals surface area (Å²) in [5.74, 6) is 1.58. The highest BCUT2D eigenvalue weighted by Crippen LogP contribution is 2.20. The first kappa shape index (κ1) is 16.2. The minimum Gasteiger partial charge on any atom is -0.465 e. The smallest absolute Gasteiger partial charge is 0.339 e. The van der Waals surface area contributed by atoms with Crippen LogP contribution in [0.1, 0.15) is 21.6 Å². The van der Waals surface area contributed by atoms with E-state index in [2.05, 4.69) is 32.8 Å². The van der Waals surface area contributed by atoms with E-state index in [0.717, 1.165) is 37.8 Å². The van der Waals surface area contributed by atoms with E-state index >= 15 is 0 Å². The molecule has 6 nitrogen and oxygen atoms in total. The topological polar surface area (TPSA) is 58.6 Å². The highest BCUT2D eigenvalue weighted by atomic mass is 16.5. The summed E-state index contributed by atoms with van der Waals surface area (Å²) in [6, 6.07) is 7.80. The number of aryl methyl sites for hydroxylation is 2. The number of methoxy groups -OCH3 is 1. The van der Waals surface area contributed by atoms with Gasteiger partial charge >= 0.3 is 5.97 Å². The Balaban J connectivity index is 1.68. The summed E-state index contributed by atoms with van der Waals surface area (Å²) in [5.41, 5.74) is 2.43. The molecule has 3 heterocycles. The van der Waals surface area contributed by atoms with Gasteiger partial charge in [0.25, 0.3) is 0 Å². The first-order valence-corrected chi connectivity index (χ1v) is 8.07. The molecule has 0 atom stereocenters. The molecule has 2 aromatic heterocycles. The summed E-state index contributed by atoms with van der Waals surface area (Å²) in [6.45, 7) is 7.46. The van der Waals surface area contributed by atoms with Crippen LogP contribution in [0.5, 0.6) is 0 Å². The summed E-state index contributed by atoms with van der Waals surface area (Å²) < 4.78 is 4.77. The van der Waals surface area contributed by atoms with Gasteiger partial charge in [0.15, 0.2) is 0 Å². The van der Waals surface area contributed by atoms with Gasteiger partial charge in [0.1, 0.15) is 11.6 Å². The molecule has 1 fully saturated rings. The number of aromatic nitrogens is 2. The van der Waals surface area contributed by atoms with Gasteiger partial charge in [-0.2, -0.15) is 0 Å². The number of ether oxygens (including phenoxy) is 1. The van der Waals surface area contributed by atoms with Crippen molar-refractivity contribution in [3.8, 4) is 0 Å². The van der Waals surface area contributed by atoms with Crippen molar-refractivity contribution in [1.29, 1.82) is 0 Å². The van der Waals surface area contributed by atoms with E-state index in [-0.39, 0.29) is 5.97 Å². The number of esters is 1. The molecule has 1 aliphatic rings. The Labute approximate surface area is 142 Å². The predicted octanol–water partition coefficient (Wildman–Crippen LogP) is 2.21. The third-order valence-electron chi connectivity index (χ3n) is 4.31. The summed E-state index contributed by atoms with van der Waals surface area (Å²) in [4.78, 5) is 25.2. The van der Waals surface area contributed by atoms with Crippen molar-refractivity contribution < 1.29 is 9.53 Å². The second-order valence-electron chi connectivity index (χ2n) is 5.96. The van der Waals surface area contributed by atoms with Crippen molar-refractivity contribution in [1.82, 2.24) is 9.97 Å². The second kappa shape index (κ2) is 6.86. The number of hydrogen-bond donors (Lipinski definition) is 0. The summed E-state index contributed by atoms with van der Waals surface area (Å²) in [6.07, 6.45) is 1.85. The quantitative estimate of drug-likeness (QED) is 0.806. The van der Waals surface area contributed by atoms with Crippen LogP contribution in [0.4, 0.5) is 11.6 Å². The maximum Gasteiger partial charge on any atom is 0.339 e. The Morgan fingerprint density at radius 1 is 1.04 bits per heavy atom. The fourth-order valence-electron chi connectivity index (χ4n) is 2.91. The van der Waals surface area contributed by atoms with Crippen molar-refractivity contribution in [2.24, 2.45) is 0 Å². The van der Waals surface area contributed by atoms with E-state index in [1.54, 1.807) is 6.07 Å². The molecule has 24 heavy (non-hydrogen) atoms. The number of nitrogens with zero attached hydrogens (tertiary/aromatic N) is 4. The van der Waals surface area contributed by atoms with Crippen LogP contribution in [0.15, 0.2) is 30.5 Å². The van der Waals surface area contributed by atoms with E-state index in [1.807, 2.05) is 25.3 Å². The molecule has 0 amide bonds. The van der Waals surface area contributed by atoms with E-state index in [0.29, 0.717) is 11.3 Å². The van der Waals surface area contributed by atoms with E-state index in [1.165, 1.54) is 12.7 Å². The maximum absolute atomic E-state index is 11.7. The van der Waals surface area contributed by atoms with E-state index < -0.39 is 0 Å². The molecule has 0 aromatic carbocycles. The van der Waals surface area contributed by atoms with Crippen LogP contribution >= 0.6 is 0 Å². The molecule has 0 saturated carbocycles. The molecule has 6 heteroatoms. The number of pyridine rings is 2. The van der Waals surface area contributed by atoms with Crippen molar-refractivity contribution in [2.75, 3.05) is 43.1 Å². The lowest BCUT2D eigenvalue weighted by Gasteiger charge is -2.36. The molecule has 1 saturated heterocycles. The Kier molecular flexibility index (Phi) is 4.64. The van der Waals surface area contributed by atoms with Crippen LogP contribution < -0.4 is 9.80 Å². The molecular formula is C18H22N4O2. The zero-order valence-electron chi connectivity index (χ0n) is 14.3. The van der Waals surface area contributed by atoms with E-state index in [9.17, 15) is 4.79 Å². The van der Waals surface area contributed by atoms with Gasteiger partial charge in [0.2, 0.25) is 0 Å². The number of piperazine rings is 1. The molecule has 2 aromatic rings. The molecule has 3 rings (SSSR count). The van der Waals surface area contributed by atoms with Gasteiger partial charge in [0, 0.05) is 32.4 Å². The van der Waals surface area contributed by atoms with Gasteiger partial charge in [-0.1, -0.05) is 0 Å². The molecule has 0 N–H and O–H groups in total. The van der Waals surface area contributed by atoms with Crippen molar-refractivity contribution in [3.05, 3.63) is 47.3 Å². The lowest BCUT2D eigenvalue weighted by molar-refractivity contribution is 0.0599. The Hall–Kier alpha value is -2.63. The van der Waals surface area contributed by atoms with E-state index in [4.69, 9.17) is 4.74 Å². The molecule has 1 aliphatic heterocycles. The number of hydrogen-bond acceptors (Lipinski definition) is 6. The Bertz CT molecular complexity index is 740. The zero-order chi connectivity index (χ0) is 17.1. The van der Waals surface area contributed by atoms with Crippen LogP contribution in [0.2, 0.25) is 0 Å². The van der Waals surface area contributed by atoms with Crippen molar-refractivity contribution in [3.63, 3.8) is 0 Å². The molecule has 0 spiro atoms. The highest BCUT2D eigenvalue weighted by Gasteiger charge is 2.20. The standard InChI is InChI=1S/C18H22N4O2/c1-13-6-7-19-17(12-13)22-10-8-21(9-11-22)16-5-4-15(14(2)20-16)18(23)24-3/h4-7,12H,8-11H2,1-3H3. The fraction of sp³-hybridized carbons (Fsp3) is 0.389. The molecular weight excluding hydrogens is 304 g/mol. The molecule has 0 bridgehead atoms. The zero-order valence-corrected chi connectivity index (χ0v) is 14.3. The van der Waals surface area contributed by atoms with Gasteiger partial charge in [-0.3, -0.25) is 0 Å². The monoisotopic (exact) mass is 326 g/mol. The fourth-order valence-corrected chi connectivity index (χ4v) is 2.91. The van der Waals surface area contributed by atoms with Gasteiger partial charge in [-0.15, -0.1) is 0 Å². The third kappa shape index (κ3) is 3.32. The first-order valence-electron chi connectivity index (χ1n) is 8.07. The highest BCUT2D eigenvalue weighted by molar-refractivity contribution is 5.90. The average Bonchev–Trinajstić information content (AvgIpc) is 2.61. The normalized spacial score (nSPS) is 14.6. The number of rotatable bonds is 3. The molecule has 0 unspecified atom stereocenters.